The molecule has 0 radical (unpaired) electrons. The molecule has 0 atom stereocenters. The van der Waals surface area contributed by atoms with Gasteiger partial charge in [-0.15, -0.1) is 0 Å². The zero-order valence-electron chi connectivity index (χ0n) is 9.88. The quantitative estimate of drug-likeness (QED) is 0.699. The fourth-order valence-electron chi connectivity index (χ4n) is 2.47. The summed E-state index contributed by atoms with van der Waals surface area (Å²) >= 11 is 0. The molecule has 2 saturated carbocycles. The molecular weight excluding hydrogens is 200 g/mol. The molecule has 2 aliphatic carbocycles. The molecule has 88 valence electrons. The maximum atomic E-state index is 12.1. The van der Waals surface area contributed by atoms with Crippen LogP contribution in [0.1, 0.15) is 32.6 Å². The summed E-state index contributed by atoms with van der Waals surface area (Å²) in [6, 6.07) is 0.482. The normalized spacial score (nSPS) is 24.2. The fraction of sp³-hybridized carbons (Fsp3) is 0.769. The lowest BCUT2D eigenvalue weighted by Gasteiger charge is -2.23. The van der Waals surface area contributed by atoms with E-state index in [2.05, 4.69) is 10.6 Å². The summed E-state index contributed by atoms with van der Waals surface area (Å²) in [5, 5.41) is 6.45. The van der Waals surface area contributed by atoms with Crippen molar-refractivity contribution in [1.29, 1.82) is 0 Å². The number of hydrogen-bond acceptors (Lipinski definition) is 2. The molecule has 3 aliphatic rings. The third-order valence-electron chi connectivity index (χ3n) is 4.11. The molecule has 3 nitrogen and oxygen atoms in total. The van der Waals surface area contributed by atoms with Crippen LogP contribution in [-0.4, -0.2) is 25.0 Å². The van der Waals surface area contributed by atoms with Gasteiger partial charge in [-0.2, -0.15) is 0 Å². The van der Waals surface area contributed by atoms with Crippen molar-refractivity contribution >= 4 is 5.91 Å². The van der Waals surface area contributed by atoms with Crippen LogP contribution in [0.15, 0.2) is 11.1 Å². The molecule has 16 heavy (non-hydrogen) atoms. The van der Waals surface area contributed by atoms with Crippen molar-refractivity contribution < 1.29 is 4.79 Å². The Morgan fingerprint density at radius 3 is 2.19 bits per heavy atom. The summed E-state index contributed by atoms with van der Waals surface area (Å²) in [5.74, 6) is 1.75. The zero-order chi connectivity index (χ0) is 11.1. The predicted octanol–water partition coefficient (Wildman–Crippen LogP) is 1.21. The van der Waals surface area contributed by atoms with Crippen LogP contribution in [0, 0.1) is 11.8 Å². The molecule has 0 spiro atoms. The van der Waals surface area contributed by atoms with E-state index >= 15 is 0 Å². The van der Waals surface area contributed by atoms with Crippen LogP contribution in [-0.2, 0) is 4.79 Å². The number of carbonyl (C=O) groups excluding carboxylic acids is 1. The van der Waals surface area contributed by atoms with Gasteiger partial charge in [-0.25, -0.2) is 0 Å². The predicted molar refractivity (Wildman–Crippen MR) is 62.9 cm³/mol. The molecule has 1 heterocycles. The average molecular weight is 220 g/mol. The average Bonchev–Trinajstić information content (AvgIpc) is 3.01. The number of amides is 1. The van der Waals surface area contributed by atoms with Gasteiger partial charge in [-0.1, -0.05) is 0 Å². The van der Waals surface area contributed by atoms with Crippen LogP contribution in [0.2, 0.25) is 0 Å². The maximum Gasteiger partial charge on any atom is 0.247 e. The topological polar surface area (TPSA) is 41.1 Å². The third-order valence-corrected chi connectivity index (χ3v) is 4.11. The maximum absolute atomic E-state index is 12.1. The second-order valence-corrected chi connectivity index (χ2v) is 5.51. The summed E-state index contributed by atoms with van der Waals surface area (Å²) < 4.78 is 0. The molecule has 0 aromatic rings. The van der Waals surface area contributed by atoms with Crippen molar-refractivity contribution in [2.45, 2.75) is 38.6 Å². The standard InChI is InChI=1S/C13H20N2O/c1-8(11-6-14-7-11)13(16)15-12(9-2-3-9)10-4-5-10/h9-10,12,14H,2-7H2,1H3,(H,15,16). The van der Waals surface area contributed by atoms with E-state index in [9.17, 15) is 4.79 Å². The minimum Gasteiger partial charge on any atom is -0.349 e. The molecule has 1 amide bonds. The van der Waals surface area contributed by atoms with Gasteiger partial charge in [0.1, 0.15) is 0 Å². The van der Waals surface area contributed by atoms with Gasteiger partial charge in [0.15, 0.2) is 0 Å². The van der Waals surface area contributed by atoms with Crippen LogP contribution in [0.25, 0.3) is 0 Å². The molecule has 0 aromatic carbocycles. The lowest BCUT2D eigenvalue weighted by molar-refractivity contribution is -0.118. The number of hydrogen-bond donors (Lipinski definition) is 2. The number of carbonyl (C=O) groups is 1. The lowest BCUT2D eigenvalue weighted by atomic mass is 10.0. The Morgan fingerprint density at radius 1 is 1.25 bits per heavy atom. The highest BCUT2D eigenvalue weighted by Crippen LogP contribution is 2.44. The fourth-order valence-corrected chi connectivity index (χ4v) is 2.47. The van der Waals surface area contributed by atoms with Gasteiger partial charge in [0.2, 0.25) is 5.91 Å². The van der Waals surface area contributed by atoms with E-state index in [1.165, 1.54) is 31.3 Å². The van der Waals surface area contributed by atoms with E-state index in [-0.39, 0.29) is 5.91 Å². The second kappa shape index (κ2) is 3.88. The number of rotatable bonds is 4. The van der Waals surface area contributed by atoms with Crippen LogP contribution in [0.3, 0.4) is 0 Å². The van der Waals surface area contributed by atoms with Gasteiger partial charge in [0.05, 0.1) is 0 Å². The van der Waals surface area contributed by atoms with Crippen LogP contribution < -0.4 is 10.6 Å². The van der Waals surface area contributed by atoms with Crippen LogP contribution >= 0.6 is 0 Å². The summed E-state index contributed by atoms with van der Waals surface area (Å²) in [6.45, 7) is 3.76. The molecule has 3 rings (SSSR count). The first-order chi connectivity index (χ1) is 7.75. The van der Waals surface area contributed by atoms with Crippen LogP contribution in [0.5, 0.6) is 0 Å². The largest absolute Gasteiger partial charge is 0.349 e. The van der Waals surface area contributed by atoms with Crippen molar-refractivity contribution in [3.63, 3.8) is 0 Å². The van der Waals surface area contributed by atoms with E-state index in [1.54, 1.807) is 0 Å². The minimum absolute atomic E-state index is 0.181. The molecule has 1 saturated heterocycles. The van der Waals surface area contributed by atoms with Crippen molar-refractivity contribution in [2.75, 3.05) is 13.1 Å². The van der Waals surface area contributed by atoms with E-state index < -0.39 is 0 Å². The SMILES string of the molecule is CC(C(=O)NC(C1CC1)C1CC1)=C1CNC1. The Labute approximate surface area is 96.7 Å². The Hall–Kier alpha value is -0.830. The lowest BCUT2D eigenvalue weighted by Crippen LogP contribution is -2.42. The highest BCUT2D eigenvalue weighted by molar-refractivity contribution is 5.94. The van der Waals surface area contributed by atoms with E-state index in [1.807, 2.05) is 6.92 Å². The summed E-state index contributed by atoms with van der Waals surface area (Å²) in [5.41, 5.74) is 2.23. The van der Waals surface area contributed by atoms with E-state index in [0.29, 0.717) is 6.04 Å². The summed E-state index contributed by atoms with van der Waals surface area (Å²) in [4.78, 5) is 12.1. The first kappa shape index (κ1) is 10.3. The highest BCUT2D eigenvalue weighted by Gasteiger charge is 2.42. The van der Waals surface area contributed by atoms with Crippen molar-refractivity contribution in [1.82, 2.24) is 10.6 Å². The van der Waals surface area contributed by atoms with Gasteiger partial charge in [0.25, 0.3) is 0 Å². The van der Waals surface area contributed by atoms with Gasteiger partial charge < -0.3 is 10.6 Å². The molecular formula is C13H20N2O. The Balaban J connectivity index is 1.61. The van der Waals surface area contributed by atoms with Crippen molar-refractivity contribution in [3.8, 4) is 0 Å². The Bertz CT molecular complexity index is 322. The smallest absolute Gasteiger partial charge is 0.247 e. The van der Waals surface area contributed by atoms with Crippen molar-refractivity contribution in [3.05, 3.63) is 11.1 Å². The number of nitrogens with one attached hydrogen (secondary N) is 2. The first-order valence-electron chi connectivity index (χ1n) is 6.46. The molecule has 0 unspecified atom stereocenters. The third kappa shape index (κ3) is 2.01. The summed E-state index contributed by atoms with van der Waals surface area (Å²) in [6.07, 6.45) is 5.27. The summed E-state index contributed by atoms with van der Waals surface area (Å²) in [7, 11) is 0. The molecule has 0 bridgehead atoms. The molecule has 0 aromatic heterocycles. The van der Waals surface area contributed by atoms with E-state index in [4.69, 9.17) is 0 Å². The van der Waals surface area contributed by atoms with Gasteiger partial charge in [-0.3, -0.25) is 4.79 Å². The Kier molecular flexibility index (Phi) is 2.51. The van der Waals surface area contributed by atoms with Gasteiger partial charge in [0, 0.05) is 24.7 Å². The second-order valence-electron chi connectivity index (χ2n) is 5.51. The molecule has 3 heteroatoms. The Morgan fingerprint density at radius 2 is 1.81 bits per heavy atom. The minimum atomic E-state index is 0.181. The molecule has 1 aliphatic heterocycles. The van der Waals surface area contributed by atoms with Crippen molar-refractivity contribution in [2.24, 2.45) is 11.8 Å². The first-order valence-corrected chi connectivity index (χ1v) is 6.46. The van der Waals surface area contributed by atoms with Gasteiger partial charge >= 0.3 is 0 Å². The molecule has 2 N–H and O–H groups in total. The zero-order valence-corrected chi connectivity index (χ0v) is 9.88. The van der Waals surface area contributed by atoms with Gasteiger partial charge in [-0.05, 0) is 50.0 Å². The highest BCUT2D eigenvalue weighted by atomic mass is 16.1. The van der Waals surface area contributed by atoms with E-state index in [0.717, 1.165) is 30.5 Å². The van der Waals surface area contributed by atoms with Crippen LogP contribution in [0.4, 0.5) is 0 Å². The molecule has 3 fully saturated rings. The monoisotopic (exact) mass is 220 g/mol.